The van der Waals surface area contributed by atoms with Crippen LogP contribution in [-0.4, -0.2) is 0 Å². The Morgan fingerprint density at radius 2 is 1.24 bits per heavy atom. The molecule has 21 heavy (non-hydrogen) atoms. The maximum absolute atomic E-state index is 5.86. The zero-order valence-electron chi connectivity index (χ0n) is 11.6. The number of benzene rings is 4. The fourth-order valence-electron chi connectivity index (χ4n) is 3.03. The number of rotatable bonds is 1. The van der Waals surface area contributed by atoms with Gasteiger partial charge in [0.1, 0.15) is 0 Å². The minimum atomic E-state index is 1.08. The summed E-state index contributed by atoms with van der Waals surface area (Å²) < 4.78 is 0. The van der Waals surface area contributed by atoms with Crippen molar-refractivity contribution in [3.8, 4) is 0 Å². The third-order valence-corrected chi connectivity index (χ3v) is 5.02. The van der Waals surface area contributed by atoms with Gasteiger partial charge in [0.2, 0.25) is 0 Å². The van der Waals surface area contributed by atoms with Crippen molar-refractivity contribution in [2.45, 2.75) is 11.8 Å². The molecule has 0 aliphatic carbocycles. The van der Waals surface area contributed by atoms with E-state index in [9.17, 15) is 0 Å². The minimum Gasteiger partial charge on any atom is -0.0587 e. The second kappa shape index (κ2) is 4.94. The van der Waals surface area contributed by atoms with Crippen LogP contribution in [0.15, 0.2) is 65.6 Å². The van der Waals surface area contributed by atoms with E-state index in [1.54, 1.807) is 0 Å². The van der Waals surface area contributed by atoms with E-state index in [0.717, 1.165) is 4.90 Å². The molecule has 0 aliphatic rings. The fraction of sp³-hybridized carbons (Fsp3) is 0.0526. The lowest BCUT2D eigenvalue weighted by atomic mass is 9.96. The summed E-state index contributed by atoms with van der Waals surface area (Å²) in [6.07, 6.45) is 0. The lowest BCUT2D eigenvalue weighted by Gasteiger charge is -2.09. The molecule has 4 aromatic carbocycles. The summed E-state index contributed by atoms with van der Waals surface area (Å²) in [5.41, 5.74) is 1.30. The van der Waals surface area contributed by atoms with E-state index in [2.05, 4.69) is 67.6 Å². The Kier molecular flexibility index (Phi) is 3.06. The van der Waals surface area contributed by atoms with E-state index >= 15 is 0 Å². The van der Waals surface area contributed by atoms with E-state index in [-0.39, 0.29) is 0 Å². The van der Waals surface area contributed by atoms with Gasteiger partial charge in [-0.3, -0.25) is 0 Å². The third kappa shape index (κ3) is 2.08. The number of hydrogen-bond donors (Lipinski definition) is 0. The van der Waals surface area contributed by atoms with Crippen molar-refractivity contribution in [1.29, 1.82) is 0 Å². The Balaban J connectivity index is 2.14. The van der Waals surface area contributed by atoms with Crippen molar-refractivity contribution >= 4 is 54.0 Å². The van der Waals surface area contributed by atoms with Gasteiger partial charge in [0.15, 0.2) is 0 Å². The molecule has 4 rings (SSSR count). The highest BCUT2D eigenvalue weighted by molar-refractivity contribution is 8.21. The number of fused-ring (bicyclic) bond motifs is 5. The first-order valence-electron chi connectivity index (χ1n) is 6.91. The largest absolute Gasteiger partial charge is 0.0587 e. The van der Waals surface area contributed by atoms with Gasteiger partial charge in [-0.15, -0.1) is 0 Å². The monoisotopic (exact) mass is 308 g/mol. The summed E-state index contributed by atoms with van der Waals surface area (Å²) in [5.74, 6) is 0. The number of hydrogen-bond acceptors (Lipinski definition) is 1. The average molecular weight is 309 g/mol. The van der Waals surface area contributed by atoms with Gasteiger partial charge in [-0.25, -0.2) is 0 Å². The molecule has 0 bridgehead atoms. The van der Waals surface area contributed by atoms with E-state index in [1.165, 1.54) is 48.9 Å². The zero-order valence-corrected chi connectivity index (χ0v) is 13.1. The number of halogens is 1. The highest BCUT2D eigenvalue weighted by Gasteiger charge is 2.05. The van der Waals surface area contributed by atoms with Crippen molar-refractivity contribution in [1.82, 2.24) is 0 Å². The van der Waals surface area contributed by atoms with E-state index in [4.69, 9.17) is 10.7 Å². The molecule has 0 aliphatic heterocycles. The highest BCUT2D eigenvalue weighted by atomic mass is 35.7. The molecule has 102 valence electrons. The van der Waals surface area contributed by atoms with Gasteiger partial charge < -0.3 is 0 Å². The van der Waals surface area contributed by atoms with Crippen molar-refractivity contribution in [2.75, 3.05) is 0 Å². The second-order valence-electron chi connectivity index (χ2n) is 5.41. The summed E-state index contributed by atoms with van der Waals surface area (Å²) in [6.45, 7) is 2.13. The molecular weight excluding hydrogens is 296 g/mol. The Morgan fingerprint density at radius 1 is 0.667 bits per heavy atom. The molecule has 0 N–H and O–H groups in total. The van der Waals surface area contributed by atoms with Gasteiger partial charge in [0.25, 0.3) is 0 Å². The van der Waals surface area contributed by atoms with E-state index in [1.807, 2.05) is 0 Å². The standard InChI is InChI=1S/C19H13ClS/c1-12-2-6-16-13(10-12)3-7-19-17-9-5-15(21-20)11-14(17)4-8-18(16)19/h2-11H,1H3. The zero-order chi connectivity index (χ0) is 14.4. The van der Waals surface area contributed by atoms with Gasteiger partial charge >= 0.3 is 0 Å². The summed E-state index contributed by atoms with van der Waals surface area (Å²) >= 11 is 0. The third-order valence-electron chi connectivity index (χ3n) is 4.05. The van der Waals surface area contributed by atoms with E-state index < -0.39 is 0 Å². The molecule has 0 atom stereocenters. The maximum atomic E-state index is 5.86. The van der Waals surface area contributed by atoms with Gasteiger partial charge in [-0.1, -0.05) is 54.1 Å². The molecular formula is C19H13ClS. The minimum absolute atomic E-state index is 1.08. The normalized spacial score (nSPS) is 11.5. The molecule has 0 spiro atoms. The Morgan fingerprint density at radius 3 is 1.90 bits per heavy atom. The lowest BCUT2D eigenvalue weighted by molar-refractivity contribution is 1.51. The summed E-state index contributed by atoms with van der Waals surface area (Å²) in [4.78, 5) is 1.08. The van der Waals surface area contributed by atoms with Crippen LogP contribution >= 0.6 is 21.7 Å². The van der Waals surface area contributed by atoms with Crippen LogP contribution in [0.2, 0.25) is 0 Å². The molecule has 0 heterocycles. The van der Waals surface area contributed by atoms with Gasteiger partial charge in [0, 0.05) is 4.90 Å². The van der Waals surface area contributed by atoms with Gasteiger partial charge in [-0.05, 0) is 73.0 Å². The summed E-state index contributed by atoms with van der Waals surface area (Å²) in [5, 5.41) is 7.75. The van der Waals surface area contributed by atoms with Crippen LogP contribution in [0.3, 0.4) is 0 Å². The first kappa shape index (κ1) is 13.0. The molecule has 0 aromatic heterocycles. The molecule has 0 nitrogen and oxygen atoms in total. The van der Waals surface area contributed by atoms with Crippen LogP contribution in [0.4, 0.5) is 0 Å². The molecule has 4 aromatic rings. The molecule has 0 fully saturated rings. The molecule has 0 amide bonds. The van der Waals surface area contributed by atoms with Crippen LogP contribution in [0.5, 0.6) is 0 Å². The Labute approximate surface area is 132 Å². The molecule has 2 heteroatoms. The molecule has 0 unspecified atom stereocenters. The second-order valence-corrected chi connectivity index (χ2v) is 6.50. The first-order chi connectivity index (χ1) is 10.3. The van der Waals surface area contributed by atoms with Crippen LogP contribution in [0.1, 0.15) is 5.56 Å². The van der Waals surface area contributed by atoms with Crippen LogP contribution in [0, 0.1) is 6.92 Å². The van der Waals surface area contributed by atoms with Crippen molar-refractivity contribution < 1.29 is 0 Å². The van der Waals surface area contributed by atoms with Gasteiger partial charge in [0.05, 0.1) is 0 Å². The summed E-state index contributed by atoms with van der Waals surface area (Å²) in [6, 6.07) is 21.9. The highest BCUT2D eigenvalue weighted by Crippen LogP contribution is 2.34. The van der Waals surface area contributed by atoms with Crippen molar-refractivity contribution in [2.24, 2.45) is 0 Å². The average Bonchev–Trinajstić information content (AvgIpc) is 2.53. The topological polar surface area (TPSA) is 0 Å². The van der Waals surface area contributed by atoms with E-state index in [0.29, 0.717) is 0 Å². The van der Waals surface area contributed by atoms with Crippen LogP contribution in [0.25, 0.3) is 32.3 Å². The maximum Gasteiger partial charge on any atom is 0.0239 e. The Hall–Kier alpha value is -1.70. The van der Waals surface area contributed by atoms with Crippen LogP contribution < -0.4 is 0 Å². The van der Waals surface area contributed by atoms with Crippen molar-refractivity contribution in [3.05, 3.63) is 66.2 Å². The molecule has 0 saturated heterocycles. The SMILES string of the molecule is Cc1ccc2c(ccc3c4ccc(SCl)cc4ccc23)c1. The van der Waals surface area contributed by atoms with Gasteiger partial charge in [-0.2, -0.15) is 0 Å². The fourth-order valence-corrected chi connectivity index (χ4v) is 3.61. The molecule has 0 saturated carbocycles. The first-order valence-corrected chi connectivity index (χ1v) is 8.55. The van der Waals surface area contributed by atoms with Crippen LogP contribution in [-0.2, 0) is 0 Å². The Bertz CT molecular complexity index is 989. The lowest BCUT2D eigenvalue weighted by Crippen LogP contribution is -1.82. The predicted molar refractivity (Wildman–Crippen MR) is 95.4 cm³/mol. The summed E-state index contributed by atoms with van der Waals surface area (Å²) in [7, 11) is 7.12. The smallest absolute Gasteiger partial charge is 0.0239 e. The quantitative estimate of drug-likeness (QED) is 0.352. The molecule has 0 radical (unpaired) electrons. The number of aryl methyl sites for hydroxylation is 1. The van der Waals surface area contributed by atoms with Crippen molar-refractivity contribution in [3.63, 3.8) is 0 Å². The predicted octanol–water partition coefficient (Wildman–Crippen LogP) is 6.70.